The van der Waals surface area contributed by atoms with E-state index in [0.717, 1.165) is 32.7 Å². The van der Waals surface area contributed by atoms with Gasteiger partial charge in [0.2, 0.25) is 5.91 Å². The molecule has 0 aliphatic carbocycles. The lowest BCUT2D eigenvalue weighted by atomic mass is 9.88. The normalized spacial score (nSPS) is 30.6. The quantitative estimate of drug-likeness (QED) is 0.685. The van der Waals surface area contributed by atoms with E-state index in [4.69, 9.17) is 4.74 Å². The van der Waals surface area contributed by atoms with Crippen molar-refractivity contribution < 1.29 is 9.53 Å². The monoisotopic (exact) mass is 198 g/mol. The summed E-state index contributed by atoms with van der Waals surface area (Å²) in [7, 11) is 1.86. The molecule has 4 nitrogen and oxygen atoms in total. The largest absolute Gasteiger partial charge is 0.380 e. The van der Waals surface area contributed by atoms with Crippen LogP contribution < -0.4 is 5.32 Å². The van der Waals surface area contributed by atoms with Gasteiger partial charge in [-0.1, -0.05) is 6.92 Å². The van der Waals surface area contributed by atoms with Crippen molar-refractivity contribution in [2.45, 2.75) is 19.4 Å². The number of carbonyl (C=O) groups excluding carboxylic acids is 1. The zero-order chi connectivity index (χ0) is 10.2. The third kappa shape index (κ3) is 1.77. The van der Waals surface area contributed by atoms with Crippen molar-refractivity contribution in [2.24, 2.45) is 5.41 Å². The zero-order valence-corrected chi connectivity index (χ0v) is 8.88. The van der Waals surface area contributed by atoms with E-state index in [1.165, 1.54) is 0 Å². The molecule has 14 heavy (non-hydrogen) atoms. The standard InChI is InChI=1S/C10H18N2O2/c1-10(6-14-7-10)5-11-8-3-4-12(2)9(8)13/h8,11H,3-7H2,1-2H3. The molecule has 1 N–H and O–H groups in total. The second-order valence-corrected chi connectivity index (χ2v) is 4.79. The first-order valence-electron chi connectivity index (χ1n) is 5.17. The summed E-state index contributed by atoms with van der Waals surface area (Å²) in [6.07, 6.45) is 0.937. The Morgan fingerprint density at radius 3 is 2.79 bits per heavy atom. The van der Waals surface area contributed by atoms with Crippen LogP contribution in [-0.2, 0) is 9.53 Å². The van der Waals surface area contributed by atoms with Gasteiger partial charge in [-0.05, 0) is 6.42 Å². The van der Waals surface area contributed by atoms with Gasteiger partial charge in [0.25, 0.3) is 0 Å². The summed E-state index contributed by atoms with van der Waals surface area (Å²) >= 11 is 0. The van der Waals surface area contributed by atoms with E-state index in [0.29, 0.717) is 0 Å². The Kier molecular flexibility index (Phi) is 2.49. The molecule has 80 valence electrons. The van der Waals surface area contributed by atoms with Gasteiger partial charge in [-0.3, -0.25) is 4.79 Å². The number of likely N-dealkylation sites (tertiary alicyclic amines) is 1. The number of carbonyl (C=O) groups is 1. The van der Waals surface area contributed by atoms with Crippen molar-refractivity contribution in [1.29, 1.82) is 0 Å². The smallest absolute Gasteiger partial charge is 0.239 e. The number of ether oxygens (including phenoxy) is 1. The molecule has 2 fully saturated rings. The molecular weight excluding hydrogens is 180 g/mol. The number of amides is 1. The predicted molar refractivity (Wildman–Crippen MR) is 53.0 cm³/mol. The van der Waals surface area contributed by atoms with Crippen molar-refractivity contribution >= 4 is 5.91 Å². The Bertz CT molecular complexity index is 238. The van der Waals surface area contributed by atoms with E-state index in [9.17, 15) is 4.79 Å². The van der Waals surface area contributed by atoms with Crippen LogP contribution >= 0.6 is 0 Å². The van der Waals surface area contributed by atoms with Crippen LogP contribution in [0.3, 0.4) is 0 Å². The van der Waals surface area contributed by atoms with Gasteiger partial charge in [0.05, 0.1) is 19.3 Å². The van der Waals surface area contributed by atoms with Crippen molar-refractivity contribution in [1.82, 2.24) is 10.2 Å². The fraction of sp³-hybridized carbons (Fsp3) is 0.900. The van der Waals surface area contributed by atoms with Crippen LogP contribution in [0.5, 0.6) is 0 Å². The number of nitrogens with one attached hydrogen (secondary N) is 1. The highest BCUT2D eigenvalue weighted by atomic mass is 16.5. The van der Waals surface area contributed by atoms with E-state index in [2.05, 4.69) is 12.2 Å². The van der Waals surface area contributed by atoms with E-state index >= 15 is 0 Å². The highest BCUT2D eigenvalue weighted by Crippen LogP contribution is 2.25. The second kappa shape index (κ2) is 3.51. The Labute approximate surface area is 84.6 Å². The Hall–Kier alpha value is -0.610. The van der Waals surface area contributed by atoms with Crippen molar-refractivity contribution in [3.8, 4) is 0 Å². The lowest BCUT2D eigenvalue weighted by Gasteiger charge is -2.38. The number of hydrogen-bond donors (Lipinski definition) is 1. The Morgan fingerprint density at radius 1 is 1.64 bits per heavy atom. The van der Waals surface area contributed by atoms with E-state index in [1.54, 1.807) is 4.90 Å². The number of likely N-dealkylation sites (N-methyl/N-ethyl adjacent to an activating group) is 1. The van der Waals surface area contributed by atoms with Gasteiger partial charge in [-0.2, -0.15) is 0 Å². The summed E-state index contributed by atoms with van der Waals surface area (Å²) in [5.74, 6) is 0.230. The van der Waals surface area contributed by atoms with E-state index in [1.807, 2.05) is 7.05 Å². The molecule has 1 atom stereocenters. The van der Waals surface area contributed by atoms with Crippen LogP contribution in [0.15, 0.2) is 0 Å². The number of rotatable bonds is 3. The summed E-state index contributed by atoms with van der Waals surface area (Å²) in [6.45, 7) is 5.58. The lowest BCUT2D eigenvalue weighted by molar-refractivity contribution is -0.129. The molecule has 1 unspecified atom stereocenters. The second-order valence-electron chi connectivity index (χ2n) is 4.79. The molecule has 0 saturated carbocycles. The average molecular weight is 198 g/mol. The molecule has 0 aromatic carbocycles. The first kappa shape index (κ1) is 9.93. The molecule has 2 heterocycles. The van der Waals surface area contributed by atoms with Gasteiger partial charge >= 0.3 is 0 Å². The SMILES string of the molecule is CN1CCC(NCC2(C)COC2)C1=O. The van der Waals surface area contributed by atoms with Crippen LogP contribution in [0.4, 0.5) is 0 Å². The van der Waals surface area contributed by atoms with E-state index in [-0.39, 0.29) is 17.4 Å². The number of nitrogens with zero attached hydrogens (tertiary/aromatic N) is 1. The minimum Gasteiger partial charge on any atom is -0.380 e. The summed E-state index contributed by atoms with van der Waals surface area (Å²) in [5.41, 5.74) is 0.251. The van der Waals surface area contributed by atoms with Crippen LogP contribution in [0.25, 0.3) is 0 Å². The molecule has 0 radical (unpaired) electrons. The first-order chi connectivity index (χ1) is 6.61. The third-order valence-electron chi connectivity index (χ3n) is 3.10. The molecule has 0 aromatic heterocycles. The summed E-state index contributed by atoms with van der Waals surface area (Å²) < 4.78 is 5.17. The van der Waals surface area contributed by atoms with Gasteiger partial charge in [-0.15, -0.1) is 0 Å². The maximum absolute atomic E-state index is 11.6. The molecule has 2 aliphatic rings. The van der Waals surface area contributed by atoms with Crippen molar-refractivity contribution in [3.63, 3.8) is 0 Å². The molecule has 0 spiro atoms. The van der Waals surface area contributed by atoms with Crippen LogP contribution in [0.2, 0.25) is 0 Å². The predicted octanol–water partition coefficient (Wildman–Crippen LogP) is -0.157. The maximum atomic E-state index is 11.6. The minimum absolute atomic E-state index is 0.0393. The topological polar surface area (TPSA) is 41.6 Å². The van der Waals surface area contributed by atoms with Crippen LogP contribution in [-0.4, -0.2) is 50.2 Å². The van der Waals surface area contributed by atoms with Crippen molar-refractivity contribution in [3.05, 3.63) is 0 Å². The van der Waals surface area contributed by atoms with Crippen LogP contribution in [0, 0.1) is 5.41 Å². The highest BCUT2D eigenvalue weighted by molar-refractivity contribution is 5.83. The Balaban J connectivity index is 1.78. The summed E-state index contributed by atoms with van der Waals surface area (Å²) in [4.78, 5) is 13.3. The number of hydrogen-bond acceptors (Lipinski definition) is 3. The molecule has 4 heteroatoms. The van der Waals surface area contributed by atoms with Gasteiger partial charge in [-0.25, -0.2) is 0 Å². The molecule has 0 bridgehead atoms. The highest BCUT2D eigenvalue weighted by Gasteiger charge is 2.36. The third-order valence-corrected chi connectivity index (χ3v) is 3.10. The lowest BCUT2D eigenvalue weighted by Crippen LogP contribution is -2.50. The first-order valence-corrected chi connectivity index (χ1v) is 5.17. The van der Waals surface area contributed by atoms with Gasteiger partial charge in [0.1, 0.15) is 0 Å². The fourth-order valence-corrected chi connectivity index (χ4v) is 1.93. The van der Waals surface area contributed by atoms with Gasteiger partial charge in [0, 0.05) is 25.6 Å². The van der Waals surface area contributed by atoms with Crippen molar-refractivity contribution in [2.75, 3.05) is 33.4 Å². The molecular formula is C10H18N2O2. The molecule has 1 amide bonds. The molecule has 2 rings (SSSR count). The van der Waals surface area contributed by atoms with E-state index < -0.39 is 0 Å². The molecule has 0 aromatic rings. The summed E-state index contributed by atoms with van der Waals surface area (Å²) in [6, 6.07) is 0.0393. The minimum atomic E-state index is 0.0393. The fourth-order valence-electron chi connectivity index (χ4n) is 1.93. The molecule has 2 aliphatic heterocycles. The molecule has 2 saturated heterocycles. The maximum Gasteiger partial charge on any atom is 0.239 e. The van der Waals surface area contributed by atoms with Gasteiger partial charge < -0.3 is 15.0 Å². The van der Waals surface area contributed by atoms with Crippen LogP contribution in [0.1, 0.15) is 13.3 Å². The zero-order valence-electron chi connectivity index (χ0n) is 8.88. The average Bonchev–Trinajstić information content (AvgIpc) is 2.42. The van der Waals surface area contributed by atoms with Gasteiger partial charge in [0.15, 0.2) is 0 Å². The Morgan fingerprint density at radius 2 is 2.36 bits per heavy atom. The summed E-state index contributed by atoms with van der Waals surface area (Å²) in [5, 5.41) is 3.33.